The molecule has 4 aliphatic heterocycles. The zero-order valence-electron chi connectivity index (χ0n) is 22.4. The molecule has 8 heteroatoms. The maximum Gasteiger partial charge on any atom is 0.228 e. The first kappa shape index (κ1) is 25.9. The molecule has 0 spiro atoms. The quantitative estimate of drug-likeness (QED) is 0.444. The highest BCUT2D eigenvalue weighted by Gasteiger charge is 2.69. The van der Waals surface area contributed by atoms with E-state index >= 15 is 0 Å². The summed E-state index contributed by atoms with van der Waals surface area (Å²) in [4.78, 5) is 12.9. The van der Waals surface area contributed by atoms with Gasteiger partial charge < -0.3 is 33.2 Å². The SMILES string of the molecule is C=CCC1=C[C@]23C[C@@H](OC4=C[C@]56OCO[C@@]5(C=C4CC=C)C[C@H](C(=C)C)O6)C(C)(C)O[C@@]2(CC1=O)OCO3. The Bertz CT molecular complexity index is 1190. The average molecular weight is 525 g/mol. The van der Waals surface area contributed by atoms with Gasteiger partial charge in [-0.25, -0.2) is 0 Å². The predicted octanol–water partition coefficient (Wildman–Crippen LogP) is 4.69. The number of ketones is 1. The molecule has 4 heterocycles. The van der Waals surface area contributed by atoms with Gasteiger partial charge in [0.05, 0.1) is 12.5 Å². The van der Waals surface area contributed by atoms with Crippen LogP contribution >= 0.6 is 0 Å². The van der Waals surface area contributed by atoms with Gasteiger partial charge in [-0.2, -0.15) is 0 Å². The maximum absolute atomic E-state index is 12.9. The third kappa shape index (κ3) is 3.55. The number of carbonyl (C=O) groups is 1. The van der Waals surface area contributed by atoms with Gasteiger partial charge >= 0.3 is 0 Å². The van der Waals surface area contributed by atoms with Crippen LogP contribution in [0.15, 0.2) is 72.6 Å². The van der Waals surface area contributed by atoms with Gasteiger partial charge in [0.25, 0.3) is 0 Å². The van der Waals surface area contributed by atoms with Crippen LogP contribution < -0.4 is 0 Å². The monoisotopic (exact) mass is 524 g/mol. The summed E-state index contributed by atoms with van der Waals surface area (Å²) in [5.74, 6) is -1.70. The first-order valence-corrected chi connectivity index (χ1v) is 13.2. The maximum atomic E-state index is 12.9. The number of hydrogen-bond acceptors (Lipinski definition) is 8. The van der Waals surface area contributed by atoms with Crippen LogP contribution in [-0.2, 0) is 38.0 Å². The lowest BCUT2D eigenvalue weighted by Crippen LogP contribution is -2.67. The summed E-state index contributed by atoms with van der Waals surface area (Å²) in [5, 5.41) is 0. The first-order chi connectivity index (χ1) is 18.0. The molecule has 8 nitrogen and oxygen atoms in total. The summed E-state index contributed by atoms with van der Waals surface area (Å²) in [7, 11) is 0. The van der Waals surface area contributed by atoms with E-state index in [0.717, 1.165) is 11.1 Å². The van der Waals surface area contributed by atoms with Crippen molar-refractivity contribution in [3.63, 3.8) is 0 Å². The molecule has 0 bridgehead atoms. The molecule has 4 fully saturated rings. The van der Waals surface area contributed by atoms with E-state index in [1.165, 1.54) is 0 Å². The number of allylic oxidation sites excluding steroid dienone is 4. The molecule has 0 aromatic rings. The Morgan fingerprint density at radius 2 is 1.68 bits per heavy atom. The fourth-order valence-corrected chi connectivity index (χ4v) is 6.63. The molecular weight excluding hydrogens is 488 g/mol. The fraction of sp³-hybridized carbons (Fsp3) is 0.567. The van der Waals surface area contributed by atoms with Crippen molar-refractivity contribution >= 4 is 5.78 Å². The second-order valence-electron chi connectivity index (χ2n) is 11.6. The number of rotatable bonds is 7. The summed E-state index contributed by atoms with van der Waals surface area (Å²) < 4.78 is 44.3. The third-order valence-electron chi connectivity index (χ3n) is 8.68. The van der Waals surface area contributed by atoms with Gasteiger partial charge in [-0.05, 0) is 56.9 Å². The highest BCUT2D eigenvalue weighted by molar-refractivity contribution is 5.97. The molecule has 0 unspecified atom stereocenters. The van der Waals surface area contributed by atoms with E-state index in [-0.39, 0.29) is 31.9 Å². The number of carbonyl (C=O) groups excluding carboxylic acids is 1. The van der Waals surface area contributed by atoms with Gasteiger partial charge in [0.15, 0.2) is 25.0 Å². The summed E-state index contributed by atoms with van der Waals surface area (Å²) in [6.45, 7) is 17.8. The molecule has 0 amide bonds. The van der Waals surface area contributed by atoms with E-state index in [1.807, 2.05) is 39.0 Å². The van der Waals surface area contributed by atoms with Crippen LogP contribution in [0.25, 0.3) is 0 Å². The molecule has 0 radical (unpaired) electrons. The molecule has 0 aromatic heterocycles. The largest absolute Gasteiger partial charge is 0.487 e. The van der Waals surface area contributed by atoms with Crippen molar-refractivity contribution in [2.45, 2.75) is 93.5 Å². The summed E-state index contributed by atoms with van der Waals surface area (Å²) in [6.07, 6.45) is 10.9. The molecule has 4 saturated heterocycles. The van der Waals surface area contributed by atoms with E-state index in [4.69, 9.17) is 33.2 Å². The minimum absolute atomic E-state index is 0.0216. The number of ether oxygens (including phenoxy) is 7. The number of hydrogen-bond donors (Lipinski definition) is 0. The molecule has 6 rings (SSSR count). The molecule has 6 atom stereocenters. The summed E-state index contributed by atoms with van der Waals surface area (Å²) >= 11 is 0. The Labute approximate surface area is 223 Å². The lowest BCUT2D eigenvalue weighted by atomic mass is 9.71. The third-order valence-corrected chi connectivity index (χ3v) is 8.68. The molecule has 0 N–H and O–H groups in total. The van der Waals surface area contributed by atoms with Crippen molar-refractivity contribution in [1.29, 1.82) is 0 Å². The van der Waals surface area contributed by atoms with Crippen molar-refractivity contribution < 1.29 is 38.0 Å². The van der Waals surface area contributed by atoms with E-state index in [2.05, 4.69) is 25.8 Å². The normalized spacial score (nSPS) is 42.6. The van der Waals surface area contributed by atoms with Crippen LogP contribution in [0.1, 0.15) is 52.9 Å². The predicted molar refractivity (Wildman–Crippen MR) is 137 cm³/mol. The second-order valence-corrected chi connectivity index (χ2v) is 11.6. The van der Waals surface area contributed by atoms with E-state index in [9.17, 15) is 4.79 Å². The Hall–Kier alpha value is -2.33. The van der Waals surface area contributed by atoms with Gasteiger partial charge in [-0.15, -0.1) is 13.2 Å². The van der Waals surface area contributed by atoms with Crippen molar-refractivity contribution in [2.75, 3.05) is 13.6 Å². The van der Waals surface area contributed by atoms with E-state index in [1.54, 1.807) is 6.08 Å². The van der Waals surface area contributed by atoms with Crippen LogP contribution in [0.2, 0.25) is 0 Å². The Balaban J connectivity index is 1.37. The van der Waals surface area contributed by atoms with Crippen LogP contribution in [0.5, 0.6) is 0 Å². The summed E-state index contributed by atoms with van der Waals surface area (Å²) in [5.41, 5.74) is -0.0346. The van der Waals surface area contributed by atoms with E-state index < -0.39 is 34.5 Å². The lowest BCUT2D eigenvalue weighted by molar-refractivity contribution is -0.333. The lowest BCUT2D eigenvalue weighted by Gasteiger charge is -2.55. The van der Waals surface area contributed by atoms with Crippen LogP contribution in [-0.4, -0.2) is 60.0 Å². The van der Waals surface area contributed by atoms with Gasteiger partial charge in [0, 0.05) is 18.9 Å². The van der Waals surface area contributed by atoms with Gasteiger partial charge in [-0.1, -0.05) is 24.3 Å². The molecular formula is C30H36O8. The molecule has 204 valence electrons. The average Bonchev–Trinajstić information content (AvgIpc) is 3.46. The van der Waals surface area contributed by atoms with Crippen LogP contribution in [0.3, 0.4) is 0 Å². The minimum Gasteiger partial charge on any atom is -0.487 e. The molecule has 0 saturated carbocycles. The number of Topliss-reactive ketones (excluding diaryl/α,β-unsaturated/α-hetero) is 1. The Kier molecular flexibility index (Phi) is 5.85. The Morgan fingerprint density at radius 1 is 1.00 bits per heavy atom. The first-order valence-electron chi connectivity index (χ1n) is 13.2. The van der Waals surface area contributed by atoms with Crippen LogP contribution in [0.4, 0.5) is 0 Å². The van der Waals surface area contributed by atoms with Crippen molar-refractivity contribution in [3.05, 3.63) is 72.6 Å². The standard InChI is InChI=1S/C30H36O8/c1-7-9-20-11-28-16-25(26(5,6)38-30(28,13-22(20)31)35-18-33-28)36-24-15-29-27(32-17-34-29,12-21(24)10-8-2)14-23(37-29)19(3)4/h7-8,11-12,15,23,25H,1-3,9-10,13-14,16-18H2,4-6H3/t23-,25-,27+,28+,29-,30-/m1/s1. The summed E-state index contributed by atoms with van der Waals surface area (Å²) in [6, 6.07) is 0. The smallest absolute Gasteiger partial charge is 0.228 e. The van der Waals surface area contributed by atoms with Gasteiger partial charge in [0.2, 0.25) is 11.6 Å². The van der Waals surface area contributed by atoms with Crippen molar-refractivity contribution in [1.82, 2.24) is 0 Å². The zero-order chi connectivity index (χ0) is 27.0. The minimum atomic E-state index is -1.20. The Morgan fingerprint density at radius 3 is 2.42 bits per heavy atom. The van der Waals surface area contributed by atoms with Crippen molar-refractivity contribution in [3.8, 4) is 0 Å². The molecule has 38 heavy (non-hydrogen) atoms. The fourth-order valence-electron chi connectivity index (χ4n) is 6.63. The molecule has 2 aliphatic carbocycles. The van der Waals surface area contributed by atoms with Gasteiger partial charge in [-0.3, -0.25) is 4.79 Å². The highest BCUT2D eigenvalue weighted by atomic mass is 16.8. The van der Waals surface area contributed by atoms with Gasteiger partial charge in [0.1, 0.15) is 23.1 Å². The second kappa shape index (κ2) is 8.58. The highest BCUT2D eigenvalue weighted by Crippen LogP contribution is 2.57. The topological polar surface area (TPSA) is 81.7 Å². The zero-order valence-corrected chi connectivity index (χ0v) is 22.4. The van der Waals surface area contributed by atoms with E-state index in [0.29, 0.717) is 37.0 Å². The molecule has 0 aromatic carbocycles. The molecule has 6 aliphatic rings. The van der Waals surface area contributed by atoms with Crippen LogP contribution in [0, 0.1) is 0 Å². The van der Waals surface area contributed by atoms with Crippen molar-refractivity contribution in [2.24, 2.45) is 0 Å².